The minimum atomic E-state index is -0.168. The van der Waals surface area contributed by atoms with E-state index >= 15 is 0 Å². The minimum Gasteiger partial charge on any atom is -0.364 e. The largest absolute Gasteiger partial charge is 0.364 e. The molecule has 19 heavy (non-hydrogen) atoms. The van der Waals surface area contributed by atoms with Crippen molar-refractivity contribution in [2.45, 2.75) is 24.7 Å². The van der Waals surface area contributed by atoms with Crippen LogP contribution >= 0.6 is 27.3 Å². The second-order valence-corrected chi connectivity index (χ2v) is 6.39. The van der Waals surface area contributed by atoms with E-state index in [0.717, 1.165) is 24.2 Å². The Morgan fingerprint density at radius 2 is 2.26 bits per heavy atom. The van der Waals surface area contributed by atoms with E-state index in [4.69, 9.17) is 0 Å². The van der Waals surface area contributed by atoms with Crippen LogP contribution in [0.1, 0.15) is 29.0 Å². The van der Waals surface area contributed by atoms with Crippen molar-refractivity contribution < 1.29 is 4.39 Å². The number of benzene rings is 1. The SMILES string of the molecule is CC1c2ccsc2CCN1c1ccc(F)cc1CBr. The van der Waals surface area contributed by atoms with E-state index < -0.39 is 0 Å². The number of alkyl halides is 1. The minimum absolute atomic E-state index is 0.168. The van der Waals surface area contributed by atoms with Gasteiger partial charge in [-0.05, 0) is 54.1 Å². The summed E-state index contributed by atoms with van der Waals surface area (Å²) in [6.07, 6.45) is 1.08. The molecule has 2 heterocycles. The number of nitrogens with zero attached hydrogens (tertiary/aromatic N) is 1. The van der Waals surface area contributed by atoms with Crippen LogP contribution in [0, 0.1) is 5.82 Å². The molecule has 100 valence electrons. The highest BCUT2D eigenvalue weighted by atomic mass is 79.9. The molecule has 2 aromatic rings. The molecule has 0 N–H and O–H groups in total. The Labute approximate surface area is 125 Å². The van der Waals surface area contributed by atoms with Gasteiger partial charge in [0.05, 0.1) is 6.04 Å². The highest BCUT2D eigenvalue weighted by molar-refractivity contribution is 9.08. The quantitative estimate of drug-likeness (QED) is 0.703. The maximum absolute atomic E-state index is 13.4. The summed E-state index contributed by atoms with van der Waals surface area (Å²) in [6.45, 7) is 3.23. The van der Waals surface area contributed by atoms with Crippen LogP contribution in [-0.2, 0) is 11.8 Å². The molecule has 1 aromatic carbocycles. The van der Waals surface area contributed by atoms with Gasteiger partial charge < -0.3 is 4.90 Å². The van der Waals surface area contributed by atoms with Gasteiger partial charge in [-0.15, -0.1) is 11.3 Å². The first-order valence-electron chi connectivity index (χ1n) is 6.38. The predicted molar refractivity (Wildman–Crippen MR) is 82.8 cm³/mol. The number of thiophene rings is 1. The third kappa shape index (κ3) is 2.32. The van der Waals surface area contributed by atoms with Crippen molar-refractivity contribution in [3.05, 3.63) is 51.5 Å². The molecule has 0 saturated heterocycles. The highest BCUT2D eigenvalue weighted by Crippen LogP contribution is 2.37. The van der Waals surface area contributed by atoms with Crippen LogP contribution in [0.15, 0.2) is 29.6 Å². The van der Waals surface area contributed by atoms with Gasteiger partial charge in [-0.2, -0.15) is 0 Å². The lowest BCUT2D eigenvalue weighted by Gasteiger charge is -2.36. The predicted octanol–water partition coefficient (Wildman–Crippen LogP) is 4.91. The summed E-state index contributed by atoms with van der Waals surface area (Å²) in [6, 6.07) is 7.66. The molecule has 1 atom stereocenters. The Balaban J connectivity index is 2.00. The second-order valence-electron chi connectivity index (χ2n) is 4.83. The van der Waals surface area contributed by atoms with Crippen molar-refractivity contribution in [2.75, 3.05) is 11.4 Å². The van der Waals surface area contributed by atoms with Crippen LogP contribution in [-0.4, -0.2) is 6.54 Å². The van der Waals surface area contributed by atoms with Crippen molar-refractivity contribution in [2.24, 2.45) is 0 Å². The van der Waals surface area contributed by atoms with E-state index in [1.807, 2.05) is 17.4 Å². The normalized spacial score (nSPS) is 18.5. The monoisotopic (exact) mass is 339 g/mol. The molecule has 1 nitrogen and oxygen atoms in total. The first kappa shape index (κ1) is 13.1. The van der Waals surface area contributed by atoms with E-state index in [1.54, 1.807) is 12.1 Å². The summed E-state index contributed by atoms with van der Waals surface area (Å²) < 4.78 is 13.4. The number of hydrogen-bond acceptors (Lipinski definition) is 2. The third-order valence-corrected chi connectivity index (χ3v) is 5.37. The lowest BCUT2D eigenvalue weighted by atomic mass is 9.99. The smallest absolute Gasteiger partial charge is 0.123 e. The van der Waals surface area contributed by atoms with E-state index in [1.165, 1.54) is 10.4 Å². The Kier molecular flexibility index (Phi) is 3.63. The molecule has 0 bridgehead atoms. The topological polar surface area (TPSA) is 3.24 Å². The number of anilines is 1. The fourth-order valence-electron chi connectivity index (χ4n) is 2.78. The Morgan fingerprint density at radius 1 is 1.42 bits per heavy atom. The summed E-state index contributed by atoms with van der Waals surface area (Å²) in [7, 11) is 0. The molecular formula is C15H15BrFNS. The highest BCUT2D eigenvalue weighted by Gasteiger charge is 2.26. The lowest BCUT2D eigenvalue weighted by molar-refractivity contribution is 0.616. The van der Waals surface area contributed by atoms with Crippen molar-refractivity contribution in [1.82, 2.24) is 0 Å². The fraction of sp³-hybridized carbons (Fsp3) is 0.333. The number of hydrogen-bond donors (Lipinski definition) is 0. The average Bonchev–Trinajstić information content (AvgIpc) is 2.89. The van der Waals surface area contributed by atoms with Gasteiger partial charge in [-0.1, -0.05) is 15.9 Å². The Morgan fingerprint density at radius 3 is 3.05 bits per heavy atom. The van der Waals surface area contributed by atoms with Gasteiger partial charge in [0.25, 0.3) is 0 Å². The summed E-state index contributed by atoms with van der Waals surface area (Å²) >= 11 is 5.30. The van der Waals surface area contributed by atoms with Crippen molar-refractivity contribution in [3.8, 4) is 0 Å². The average molecular weight is 340 g/mol. The molecule has 4 heteroatoms. The summed E-state index contributed by atoms with van der Waals surface area (Å²) in [5.74, 6) is -0.168. The van der Waals surface area contributed by atoms with Gasteiger partial charge in [0.15, 0.2) is 0 Å². The van der Waals surface area contributed by atoms with Crippen molar-refractivity contribution in [1.29, 1.82) is 0 Å². The first-order valence-corrected chi connectivity index (χ1v) is 8.38. The van der Waals surface area contributed by atoms with Crippen molar-refractivity contribution in [3.63, 3.8) is 0 Å². The van der Waals surface area contributed by atoms with Gasteiger partial charge in [-0.3, -0.25) is 0 Å². The standard InChI is InChI=1S/C15H15BrFNS/c1-10-13-5-7-19-15(13)4-6-18(10)14-3-2-12(17)8-11(14)9-16/h2-3,5,7-8,10H,4,6,9H2,1H3. The van der Waals surface area contributed by atoms with E-state index in [2.05, 4.69) is 39.2 Å². The molecule has 0 amide bonds. The third-order valence-electron chi connectivity index (χ3n) is 3.77. The lowest BCUT2D eigenvalue weighted by Crippen LogP contribution is -2.33. The molecule has 1 aliphatic heterocycles. The fourth-order valence-corrected chi connectivity index (χ4v) is 4.19. The van der Waals surface area contributed by atoms with Gasteiger partial charge in [0, 0.05) is 22.4 Å². The maximum atomic E-state index is 13.4. The van der Waals surface area contributed by atoms with Gasteiger partial charge in [-0.25, -0.2) is 4.39 Å². The molecule has 0 radical (unpaired) electrons. The van der Waals surface area contributed by atoms with Crippen LogP contribution < -0.4 is 4.90 Å². The summed E-state index contributed by atoms with van der Waals surface area (Å²) in [5.41, 5.74) is 3.58. The summed E-state index contributed by atoms with van der Waals surface area (Å²) in [4.78, 5) is 3.87. The molecule has 1 aliphatic rings. The number of halogens is 2. The van der Waals surface area contributed by atoms with Crippen LogP contribution in [0.5, 0.6) is 0 Å². The Hall–Kier alpha value is -0.870. The number of rotatable bonds is 2. The van der Waals surface area contributed by atoms with E-state index in [0.29, 0.717) is 11.4 Å². The zero-order valence-electron chi connectivity index (χ0n) is 10.7. The van der Waals surface area contributed by atoms with Gasteiger partial charge >= 0.3 is 0 Å². The van der Waals surface area contributed by atoms with Gasteiger partial charge in [0.1, 0.15) is 5.82 Å². The van der Waals surface area contributed by atoms with Crippen molar-refractivity contribution >= 4 is 33.0 Å². The zero-order chi connectivity index (χ0) is 13.4. The van der Waals surface area contributed by atoms with E-state index in [-0.39, 0.29) is 5.82 Å². The van der Waals surface area contributed by atoms with Crippen LogP contribution in [0.2, 0.25) is 0 Å². The number of fused-ring (bicyclic) bond motifs is 1. The molecule has 1 unspecified atom stereocenters. The van der Waals surface area contributed by atoms with E-state index in [9.17, 15) is 4.39 Å². The molecule has 0 saturated carbocycles. The molecule has 3 rings (SSSR count). The molecule has 0 aliphatic carbocycles. The zero-order valence-corrected chi connectivity index (χ0v) is 13.1. The molecule has 0 spiro atoms. The van der Waals surface area contributed by atoms with Crippen LogP contribution in [0.3, 0.4) is 0 Å². The molecule has 0 fully saturated rings. The first-order chi connectivity index (χ1) is 9.20. The second kappa shape index (κ2) is 5.25. The Bertz CT molecular complexity index is 596. The molecular weight excluding hydrogens is 325 g/mol. The summed E-state index contributed by atoms with van der Waals surface area (Å²) in [5, 5.41) is 2.85. The van der Waals surface area contributed by atoms with Crippen LogP contribution in [0.25, 0.3) is 0 Å². The molecule has 1 aromatic heterocycles. The van der Waals surface area contributed by atoms with Crippen LogP contribution in [0.4, 0.5) is 10.1 Å². The van der Waals surface area contributed by atoms with Gasteiger partial charge in [0.2, 0.25) is 0 Å². The maximum Gasteiger partial charge on any atom is 0.123 e.